The van der Waals surface area contributed by atoms with Crippen molar-refractivity contribution >= 4 is 22.7 Å². The molecule has 0 spiro atoms. The molecule has 19 heavy (non-hydrogen) atoms. The number of nitriles is 1. The molecule has 3 rings (SSSR count). The highest BCUT2D eigenvalue weighted by atomic mass is 15.3. The van der Waals surface area contributed by atoms with E-state index in [1.165, 1.54) is 6.20 Å². The third-order valence-electron chi connectivity index (χ3n) is 2.75. The van der Waals surface area contributed by atoms with Gasteiger partial charge in [0.05, 0.1) is 23.4 Å². The van der Waals surface area contributed by atoms with Crippen LogP contribution in [0.5, 0.6) is 0 Å². The van der Waals surface area contributed by atoms with Crippen LogP contribution < -0.4 is 5.32 Å². The lowest BCUT2D eigenvalue weighted by molar-refractivity contribution is 0.776. The predicted octanol–water partition coefficient (Wildman–Crippen LogP) is 1.98. The highest BCUT2D eigenvalue weighted by molar-refractivity contribution is 5.76. The Morgan fingerprint density at radius 3 is 2.79 bits per heavy atom. The summed E-state index contributed by atoms with van der Waals surface area (Å²) >= 11 is 0. The van der Waals surface area contributed by atoms with Crippen LogP contribution in [0, 0.1) is 11.3 Å². The summed E-state index contributed by atoms with van der Waals surface area (Å²) in [5.74, 6) is 1.19. The van der Waals surface area contributed by atoms with Gasteiger partial charge in [-0.2, -0.15) is 10.4 Å². The Morgan fingerprint density at radius 2 is 2.00 bits per heavy atom. The first-order chi connectivity index (χ1) is 9.28. The molecule has 0 aliphatic heterocycles. The van der Waals surface area contributed by atoms with Crippen molar-refractivity contribution in [1.82, 2.24) is 19.7 Å². The van der Waals surface area contributed by atoms with E-state index in [0.717, 1.165) is 11.0 Å². The molecule has 0 saturated heterocycles. The topological polar surface area (TPSA) is 79.4 Å². The zero-order chi connectivity index (χ0) is 13.2. The molecular weight excluding hydrogens is 240 g/mol. The maximum absolute atomic E-state index is 9.00. The number of aryl methyl sites for hydroxylation is 1. The van der Waals surface area contributed by atoms with Crippen LogP contribution in [0.1, 0.15) is 5.56 Å². The van der Waals surface area contributed by atoms with Crippen LogP contribution in [0.25, 0.3) is 11.0 Å². The first-order valence-electron chi connectivity index (χ1n) is 5.69. The number of nitrogens with one attached hydrogen (secondary N) is 1. The van der Waals surface area contributed by atoms with Crippen LogP contribution >= 0.6 is 0 Å². The van der Waals surface area contributed by atoms with Crippen molar-refractivity contribution in [2.75, 3.05) is 5.32 Å². The van der Waals surface area contributed by atoms with Gasteiger partial charge in [0, 0.05) is 7.05 Å². The Balaban J connectivity index is 2.01. The Hall–Kier alpha value is -2.94. The van der Waals surface area contributed by atoms with E-state index >= 15 is 0 Å². The van der Waals surface area contributed by atoms with E-state index in [-0.39, 0.29) is 0 Å². The summed E-state index contributed by atoms with van der Waals surface area (Å²) in [4.78, 5) is 8.75. The molecule has 6 nitrogen and oxygen atoms in total. The molecule has 3 aromatic rings. The molecule has 0 saturated carbocycles. The summed E-state index contributed by atoms with van der Waals surface area (Å²) in [6.07, 6.45) is 3.15. The molecule has 0 aliphatic rings. The van der Waals surface area contributed by atoms with Gasteiger partial charge >= 0.3 is 0 Å². The quantitative estimate of drug-likeness (QED) is 0.752. The average Bonchev–Trinajstić information content (AvgIpc) is 2.79. The molecule has 0 fully saturated rings. The van der Waals surface area contributed by atoms with Gasteiger partial charge in [0.2, 0.25) is 0 Å². The summed E-state index contributed by atoms with van der Waals surface area (Å²) in [5.41, 5.74) is 2.10. The van der Waals surface area contributed by atoms with E-state index in [4.69, 9.17) is 5.26 Å². The highest BCUT2D eigenvalue weighted by Gasteiger charge is 2.09. The third kappa shape index (κ3) is 1.98. The molecular formula is C13H10N6. The second-order valence-electron chi connectivity index (χ2n) is 4.01. The number of rotatable bonds is 2. The van der Waals surface area contributed by atoms with Gasteiger partial charge in [-0.15, -0.1) is 0 Å². The fourth-order valence-corrected chi connectivity index (χ4v) is 1.81. The minimum absolute atomic E-state index is 0.470. The van der Waals surface area contributed by atoms with Gasteiger partial charge in [0.1, 0.15) is 17.5 Å². The number of fused-ring (bicyclic) bond motifs is 1. The fraction of sp³-hybridized carbons (Fsp3) is 0.0769. The van der Waals surface area contributed by atoms with Gasteiger partial charge in [-0.3, -0.25) is 9.67 Å². The van der Waals surface area contributed by atoms with Gasteiger partial charge in [0.25, 0.3) is 0 Å². The summed E-state index contributed by atoms with van der Waals surface area (Å²) in [6, 6.07) is 9.69. The SMILES string of the molecule is Cn1ncc(C#N)c1Nc1cnc2ccccc2n1. The summed E-state index contributed by atoms with van der Waals surface area (Å²) in [6.45, 7) is 0. The molecule has 1 aromatic carbocycles. The van der Waals surface area contributed by atoms with Crippen molar-refractivity contribution < 1.29 is 0 Å². The van der Waals surface area contributed by atoms with Gasteiger partial charge in [-0.25, -0.2) is 4.98 Å². The molecule has 0 amide bonds. The van der Waals surface area contributed by atoms with Crippen molar-refractivity contribution in [2.45, 2.75) is 0 Å². The molecule has 2 heterocycles. The van der Waals surface area contributed by atoms with Crippen molar-refractivity contribution in [3.05, 3.63) is 42.2 Å². The molecule has 6 heteroatoms. The molecule has 0 atom stereocenters. The molecule has 1 N–H and O–H groups in total. The Morgan fingerprint density at radius 1 is 1.21 bits per heavy atom. The van der Waals surface area contributed by atoms with Crippen LogP contribution in [0.2, 0.25) is 0 Å². The number of para-hydroxylation sites is 2. The van der Waals surface area contributed by atoms with Gasteiger partial charge in [-0.05, 0) is 12.1 Å². The number of anilines is 2. The van der Waals surface area contributed by atoms with Gasteiger partial charge in [0.15, 0.2) is 5.82 Å². The van der Waals surface area contributed by atoms with Crippen LogP contribution in [0.3, 0.4) is 0 Å². The van der Waals surface area contributed by atoms with Crippen LogP contribution in [0.4, 0.5) is 11.6 Å². The molecule has 0 unspecified atom stereocenters. The van der Waals surface area contributed by atoms with Gasteiger partial charge < -0.3 is 5.32 Å². The number of nitrogens with zero attached hydrogens (tertiary/aromatic N) is 5. The maximum atomic E-state index is 9.00. The van der Waals surface area contributed by atoms with Crippen molar-refractivity contribution in [3.8, 4) is 6.07 Å². The van der Waals surface area contributed by atoms with Crippen molar-refractivity contribution in [3.63, 3.8) is 0 Å². The third-order valence-corrected chi connectivity index (χ3v) is 2.75. The summed E-state index contributed by atoms with van der Waals surface area (Å²) in [7, 11) is 1.76. The number of aromatic nitrogens is 4. The lowest BCUT2D eigenvalue weighted by atomic mass is 10.3. The van der Waals surface area contributed by atoms with E-state index in [2.05, 4.69) is 26.5 Å². The highest BCUT2D eigenvalue weighted by Crippen LogP contribution is 2.19. The minimum Gasteiger partial charge on any atom is -0.323 e. The van der Waals surface area contributed by atoms with Crippen LogP contribution in [-0.4, -0.2) is 19.7 Å². The Bertz CT molecular complexity index is 783. The van der Waals surface area contributed by atoms with Crippen molar-refractivity contribution in [2.24, 2.45) is 7.05 Å². The van der Waals surface area contributed by atoms with E-state index in [9.17, 15) is 0 Å². The summed E-state index contributed by atoms with van der Waals surface area (Å²) < 4.78 is 1.59. The van der Waals surface area contributed by atoms with E-state index in [0.29, 0.717) is 17.2 Å². The second-order valence-corrected chi connectivity index (χ2v) is 4.01. The van der Waals surface area contributed by atoms with Crippen molar-refractivity contribution in [1.29, 1.82) is 5.26 Å². The zero-order valence-corrected chi connectivity index (χ0v) is 10.2. The zero-order valence-electron chi connectivity index (χ0n) is 10.2. The minimum atomic E-state index is 0.470. The lowest BCUT2D eigenvalue weighted by Crippen LogP contribution is -2.02. The molecule has 0 radical (unpaired) electrons. The monoisotopic (exact) mass is 250 g/mol. The van der Waals surface area contributed by atoms with Crippen LogP contribution in [0.15, 0.2) is 36.7 Å². The smallest absolute Gasteiger partial charge is 0.150 e. The predicted molar refractivity (Wildman–Crippen MR) is 70.7 cm³/mol. The fourth-order valence-electron chi connectivity index (χ4n) is 1.81. The number of hydrogen-bond donors (Lipinski definition) is 1. The maximum Gasteiger partial charge on any atom is 0.150 e. The normalized spacial score (nSPS) is 10.3. The summed E-state index contributed by atoms with van der Waals surface area (Å²) in [5, 5.41) is 16.1. The molecule has 0 bridgehead atoms. The van der Waals surface area contributed by atoms with E-state index in [1.807, 2.05) is 24.3 Å². The van der Waals surface area contributed by atoms with E-state index in [1.54, 1.807) is 17.9 Å². The Kier molecular flexibility index (Phi) is 2.58. The average molecular weight is 250 g/mol. The Labute approximate surface area is 109 Å². The number of benzene rings is 1. The standard InChI is InChI=1S/C13H10N6/c1-19-13(9(6-14)7-16-19)18-12-8-15-10-4-2-3-5-11(10)17-12/h2-5,7-8H,1H3,(H,17,18). The van der Waals surface area contributed by atoms with E-state index < -0.39 is 0 Å². The second kappa shape index (κ2) is 4.38. The molecule has 92 valence electrons. The van der Waals surface area contributed by atoms with Crippen LogP contribution in [-0.2, 0) is 7.05 Å². The van der Waals surface area contributed by atoms with Gasteiger partial charge in [-0.1, -0.05) is 12.1 Å². The number of hydrogen-bond acceptors (Lipinski definition) is 5. The first kappa shape index (κ1) is 11.2. The molecule has 0 aliphatic carbocycles. The largest absolute Gasteiger partial charge is 0.323 e. The lowest BCUT2D eigenvalue weighted by Gasteiger charge is -2.06. The molecule has 2 aromatic heterocycles. The first-order valence-corrected chi connectivity index (χ1v) is 5.69.